The van der Waals surface area contributed by atoms with Crippen LogP contribution >= 0.6 is 0 Å². The smallest absolute Gasteiger partial charge is 0.410 e. The van der Waals surface area contributed by atoms with Gasteiger partial charge in [-0.1, -0.05) is 67.4 Å². The normalized spacial score (nSPS) is 27.1. The van der Waals surface area contributed by atoms with Gasteiger partial charge in [0.05, 0.1) is 38.1 Å². The largest absolute Gasteiger partial charge is 0.508 e. The Balaban J connectivity index is 1.44. The predicted octanol–water partition coefficient (Wildman–Crippen LogP) is 7.62. The van der Waals surface area contributed by atoms with Gasteiger partial charge in [-0.3, -0.25) is 4.90 Å². The second-order valence-electron chi connectivity index (χ2n) is 15.5. The van der Waals surface area contributed by atoms with E-state index in [2.05, 4.69) is 12.7 Å². The number of fused-ring (bicyclic) bond motifs is 2. The van der Waals surface area contributed by atoms with E-state index in [1.807, 2.05) is 37.3 Å². The van der Waals surface area contributed by atoms with Crippen LogP contribution in [-0.2, 0) is 30.4 Å². The van der Waals surface area contributed by atoms with E-state index in [0.29, 0.717) is 50.5 Å². The number of oxime groups is 1. The average Bonchev–Trinajstić information content (AvgIpc) is 3.23. The number of aliphatic hydroxyl groups is 2. The van der Waals surface area contributed by atoms with Crippen LogP contribution in [0.25, 0.3) is 0 Å². The number of hydrogen-bond donors (Lipinski definition) is 3. The fourth-order valence-corrected chi connectivity index (χ4v) is 9.22. The number of hydrogen-bond acceptors (Lipinski definition) is 11. The molecule has 12 heteroatoms. The lowest BCUT2D eigenvalue weighted by Crippen LogP contribution is -2.70. The number of benzene rings is 2. The van der Waals surface area contributed by atoms with Gasteiger partial charge in [-0.05, 0) is 86.1 Å². The number of ether oxygens (including phenoxy) is 5. The summed E-state index contributed by atoms with van der Waals surface area (Å²) in [7, 11) is 0. The van der Waals surface area contributed by atoms with Crippen LogP contribution in [-0.4, -0.2) is 96.3 Å². The second-order valence-corrected chi connectivity index (χ2v) is 15.5. The monoisotopic (exact) mass is 790 g/mol. The molecular formula is C45H62N2O10. The lowest BCUT2D eigenvalue weighted by Gasteiger charge is -2.59. The molecule has 0 spiro atoms. The highest BCUT2D eigenvalue weighted by atomic mass is 16.8. The van der Waals surface area contributed by atoms with Crippen molar-refractivity contribution in [1.82, 2.24) is 4.90 Å². The van der Waals surface area contributed by atoms with Crippen LogP contribution in [0.4, 0.5) is 4.79 Å². The lowest BCUT2D eigenvalue weighted by molar-refractivity contribution is -0.255. The Morgan fingerprint density at radius 1 is 1.05 bits per heavy atom. The Kier molecular flexibility index (Phi) is 15.8. The van der Waals surface area contributed by atoms with E-state index in [4.69, 9.17) is 33.7 Å². The number of amides is 1. The average molecular weight is 791 g/mol. The number of unbranched alkanes of at least 4 members (excludes halogenated alkanes) is 2. The van der Waals surface area contributed by atoms with Gasteiger partial charge in [-0.25, -0.2) is 4.79 Å². The number of allylic oxidation sites excluding steroid dienone is 1. The summed E-state index contributed by atoms with van der Waals surface area (Å²) in [6.07, 6.45) is 11.2. The molecule has 57 heavy (non-hydrogen) atoms. The molecular weight excluding hydrogens is 728 g/mol. The molecule has 2 aromatic rings. The summed E-state index contributed by atoms with van der Waals surface area (Å²) in [5.74, 6) is -1.27. The number of carbonyl (C=O) groups is 1. The summed E-state index contributed by atoms with van der Waals surface area (Å²) < 4.78 is 31.9. The molecule has 0 radical (unpaired) electrons. The summed E-state index contributed by atoms with van der Waals surface area (Å²) >= 11 is 0. The molecule has 2 heterocycles. The molecule has 12 nitrogen and oxygen atoms in total. The summed E-state index contributed by atoms with van der Waals surface area (Å²) in [5, 5.41) is 35.5. The fourth-order valence-electron chi connectivity index (χ4n) is 9.22. The van der Waals surface area contributed by atoms with E-state index in [1.165, 1.54) is 0 Å². The van der Waals surface area contributed by atoms with Crippen molar-refractivity contribution in [3.63, 3.8) is 0 Å². The molecule has 1 amide bonds. The maximum atomic E-state index is 14.4. The highest BCUT2D eigenvalue weighted by molar-refractivity contribution is 6.03. The van der Waals surface area contributed by atoms with Gasteiger partial charge in [0.15, 0.2) is 0 Å². The summed E-state index contributed by atoms with van der Waals surface area (Å²) in [6.45, 7) is 8.02. The molecule has 2 fully saturated rings. The molecule has 2 aromatic carbocycles. The van der Waals surface area contributed by atoms with Crippen LogP contribution in [0.5, 0.6) is 11.5 Å². The maximum absolute atomic E-state index is 14.4. The second kappa shape index (κ2) is 21.2. The SMILES string of the molecule is C=CCO[C@@]12Oc3ccc(O)cc3[C@H]3[C@H](CCCCO)[C@@H](CCCCO)C=C(C(=NOC4CCCCO4)C[C@@H]1N(CCC)C(=O)OCCOCc1ccccc1)[C@H]32. The van der Waals surface area contributed by atoms with Crippen LogP contribution in [0.2, 0.25) is 0 Å². The molecule has 2 aliphatic heterocycles. The van der Waals surface area contributed by atoms with E-state index in [0.717, 1.165) is 61.6 Å². The highest BCUT2D eigenvalue weighted by Crippen LogP contribution is 2.62. The van der Waals surface area contributed by atoms with Crippen molar-refractivity contribution in [2.45, 2.75) is 108 Å². The zero-order valence-electron chi connectivity index (χ0n) is 33.5. The van der Waals surface area contributed by atoms with Crippen molar-refractivity contribution >= 4 is 11.8 Å². The summed E-state index contributed by atoms with van der Waals surface area (Å²) in [4.78, 5) is 22.3. The fraction of sp³-hybridized carbons (Fsp3) is 0.600. The number of nitrogens with zero attached hydrogens (tertiary/aromatic N) is 2. The van der Waals surface area contributed by atoms with E-state index in [-0.39, 0.29) is 63.0 Å². The van der Waals surface area contributed by atoms with Crippen LogP contribution in [0.15, 0.2) is 78.0 Å². The van der Waals surface area contributed by atoms with Gasteiger partial charge in [0.25, 0.3) is 0 Å². The van der Waals surface area contributed by atoms with Crippen molar-refractivity contribution in [3.05, 3.63) is 84.0 Å². The van der Waals surface area contributed by atoms with E-state index < -0.39 is 30.1 Å². The third kappa shape index (κ3) is 10.2. The molecule has 7 atom stereocenters. The third-order valence-corrected chi connectivity index (χ3v) is 11.7. The van der Waals surface area contributed by atoms with Crippen molar-refractivity contribution in [1.29, 1.82) is 0 Å². The number of carbonyl (C=O) groups excluding carboxylic acids is 1. The van der Waals surface area contributed by atoms with Crippen LogP contribution < -0.4 is 4.74 Å². The summed E-state index contributed by atoms with van der Waals surface area (Å²) in [5.41, 5.74) is 3.51. The molecule has 0 bridgehead atoms. The molecule has 2 aliphatic carbocycles. The van der Waals surface area contributed by atoms with Crippen molar-refractivity contribution in [3.8, 4) is 11.5 Å². The summed E-state index contributed by atoms with van der Waals surface area (Å²) in [6, 6.07) is 14.4. The van der Waals surface area contributed by atoms with Crippen LogP contribution in [0.3, 0.4) is 0 Å². The van der Waals surface area contributed by atoms with E-state index >= 15 is 0 Å². The quantitative estimate of drug-likeness (QED) is 0.0656. The molecule has 0 aromatic heterocycles. The minimum absolute atomic E-state index is 0.0519. The third-order valence-electron chi connectivity index (χ3n) is 11.7. The van der Waals surface area contributed by atoms with Gasteiger partial charge in [0, 0.05) is 44.1 Å². The molecule has 1 unspecified atom stereocenters. The lowest BCUT2D eigenvalue weighted by atomic mass is 9.55. The molecule has 3 N–H and O–H groups in total. The first-order valence-corrected chi connectivity index (χ1v) is 21.0. The first-order valence-electron chi connectivity index (χ1n) is 21.0. The minimum atomic E-state index is -1.40. The molecule has 1 saturated carbocycles. The number of aliphatic hydroxyl groups excluding tert-OH is 2. The first kappa shape index (κ1) is 42.7. The Bertz CT molecular complexity index is 1650. The van der Waals surface area contributed by atoms with Crippen molar-refractivity contribution < 1.29 is 48.6 Å². The van der Waals surface area contributed by atoms with E-state index in [1.54, 1.807) is 29.2 Å². The van der Waals surface area contributed by atoms with Gasteiger partial charge in [-0.15, -0.1) is 6.58 Å². The van der Waals surface area contributed by atoms with Gasteiger partial charge in [0.1, 0.15) is 24.1 Å². The first-order chi connectivity index (χ1) is 27.9. The Morgan fingerprint density at radius 3 is 2.60 bits per heavy atom. The predicted molar refractivity (Wildman–Crippen MR) is 216 cm³/mol. The number of aromatic hydroxyl groups is 1. The van der Waals surface area contributed by atoms with Gasteiger partial charge >= 0.3 is 6.09 Å². The Labute approximate surface area is 337 Å². The topological polar surface area (TPSA) is 149 Å². The molecule has 6 rings (SSSR count). The molecule has 4 aliphatic rings. The van der Waals surface area contributed by atoms with Gasteiger partial charge in [-0.2, -0.15) is 0 Å². The van der Waals surface area contributed by atoms with Gasteiger partial charge in [0.2, 0.25) is 12.1 Å². The van der Waals surface area contributed by atoms with Crippen LogP contribution in [0.1, 0.15) is 94.6 Å². The molecule has 312 valence electrons. The van der Waals surface area contributed by atoms with Crippen molar-refractivity contribution in [2.75, 3.05) is 46.2 Å². The zero-order valence-corrected chi connectivity index (χ0v) is 33.5. The van der Waals surface area contributed by atoms with Gasteiger partial charge < -0.3 is 43.8 Å². The number of phenols is 1. The highest BCUT2D eigenvalue weighted by Gasteiger charge is 2.65. The standard InChI is InChI=1S/C45H62N2O10/c1-3-21-47(44(51)54-27-26-52-31-32-14-6-5-7-15-32)40-30-38(46-57-41-18-10-13-25-53-41)36-28-33(16-8-11-22-48)35(17-9-12-23-49)42-37-29-34(50)19-20-39(37)56-45(40,43(36)42)55-24-4-2/h4-7,14-15,19-20,28-29,33,35,40-43,48-50H,2-3,8-13,16-18,21-27,30-31H2,1H3/t33-,35+,40-,41?,42+,43+,45+/m0/s1. The van der Waals surface area contributed by atoms with Crippen molar-refractivity contribution in [2.24, 2.45) is 22.9 Å². The maximum Gasteiger partial charge on any atom is 0.410 e. The Morgan fingerprint density at radius 2 is 1.86 bits per heavy atom. The van der Waals surface area contributed by atoms with Crippen LogP contribution in [0, 0.1) is 17.8 Å². The number of rotatable bonds is 21. The zero-order chi connectivity index (χ0) is 40.0. The minimum Gasteiger partial charge on any atom is -0.508 e. The number of phenolic OH excluding ortho intramolecular Hbond substituents is 1. The molecule has 1 saturated heterocycles. The Hall–Kier alpha value is -3.94. The van der Waals surface area contributed by atoms with E-state index in [9.17, 15) is 20.1 Å².